The van der Waals surface area contributed by atoms with Gasteiger partial charge in [-0.2, -0.15) is 0 Å². The first-order valence-electron chi connectivity index (χ1n) is 7.03. The Morgan fingerprint density at radius 2 is 1.55 bits per heavy atom. The van der Waals surface area contributed by atoms with E-state index in [4.69, 9.17) is 0 Å². The third-order valence-electron chi connectivity index (χ3n) is 3.80. The van der Waals surface area contributed by atoms with E-state index in [1.54, 1.807) is 0 Å². The minimum atomic E-state index is 0.350. The number of benzene rings is 2. The molecule has 0 heterocycles. The summed E-state index contributed by atoms with van der Waals surface area (Å²) >= 11 is 3.48. The fraction of sp³-hybridized carbons (Fsp3) is 0.333. The molecule has 2 rings (SSSR count). The molecule has 0 bridgehead atoms. The van der Waals surface area contributed by atoms with Gasteiger partial charge in [0.1, 0.15) is 0 Å². The first-order valence-corrected chi connectivity index (χ1v) is 7.82. The Labute approximate surface area is 130 Å². The highest BCUT2D eigenvalue weighted by molar-refractivity contribution is 9.10. The molecule has 0 aliphatic carbocycles. The topological polar surface area (TPSA) is 12.0 Å². The largest absolute Gasteiger partial charge is 0.306 e. The summed E-state index contributed by atoms with van der Waals surface area (Å²) < 4.78 is 1.12. The second-order valence-electron chi connectivity index (χ2n) is 5.53. The second-order valence-corrected chi connectivity index (χ2v) is 6.45. The number of rotatable bonds is 4. The molecule has 0 aliphatic rings. The lowest BCUT2D eigenvalue weighted by Gasteiger charge is -2.17. The fourth-order valence-corrected chi connectivity index (χ4v) is 2.88. The van der Waals surface area contributed by atoms with E-state index >= 15 is 0 Å². The maximum absolute atomic E-state index is 3.62. The summed E-state index contributed by atoms with van der Waals surface area (Å²) in [7, 11) is 0. The molecule has 0 saturated carbocycles. The molecule has 20 heavy (non-hydrogen) atoms. The molecule has 106 valence electrons. The summed E-state index contributed by atoms with van der Waals surface area (Å²) in [6, 6.07) is 13.4. The molecule has 0 aromatic heterocycles. The molecule has 0 saturated heterocycles. The highest BCUT2D eigenvalue weighted by atomic mass is 79.9. The van der Waals surface area contributed by atoms with Crippen LogP contribution in [-0.4, -0.2) is 0 Å². The fourth-order valence-electron chi connectivity index (χ4n) is 2.61. The predicted octanol–water partition coefficient (Wildman–Crippen LogP) is 5.23. The summed E-state index contributed by atoms with van der Waals surface area (Å²) in [6.07, 6.45) is 0. The smallest absolute Gasteiger partial charge is 0.0294 e. The van der Waals surface area contributed by atoms with Gasteiger partial charge in [0.2, 0.25) is 0 Å². The van der Waals surface area contributed by atoms with Gasteiger partial charge >= 0.3 is 0 Å². The van der Waals surface area contributed by atoms with Gasteiger partial charge in [0.05, 0.1) is 0 Å². The van der Waals surface area contributed by atoms with E-state index in [-0.39, 0.29) is 0 Å². The van der Waals surface area contributed by atoms with E-state index in [0.717, 1.165) is 11.0 Å². The minimum Gasteiger partial charge on any atom is -0.306 e. The molecule has 1 nitrogen and oxygen atoms in total. The van der Waals surface area contributed by atoms with E-state index in [9.17, 15) is 0 Å². The Morgan fingerprint density at radius 3 is 2.10 bits per heavy atom. The number of halogens is 1. The van der Waals surface area contributed by atoms with Crippen molar-refractivity contribution in [3.05, 3.63) is 68.7 Å². The number of nitrogens with one attached hydrogen (secondary N) is 1. The van der Waals surface area contributed by atoms with Crippen LogP contribution in [0.25, 0.3) is 0 Å². The number of hydrogen-bond donors (Lipinski definition) is 1. The van der Waals surface area contributed by atoms with Crippen LogP contribution >= 0.6 is 15.9 Å². The van der Waals surface area contributed by atoms with Gasteiger partial charge in [0.25, 0.3) is 0 Å². The van der Waals surface area contributed by atoms with Crippen molar-refractivity contribution in [1.29, 1.82) is 0 Å². The molecule has 0 spiro atoms. The van der Waals surface area contributed by atoms with E-state index in [0.29, 0.717) is 6.04 Å². The lowest BCUT2D eigenvalue weighted by Crippen LogP contribution is -2.19. The molecule has 0 aliphatic heterocycles. The van der Waals surface area contributed by atoms with Gasteiger partial charge in [0.15, 0.2) is 0 Å². The van der Waals surface area contributed by atoms with Crippen molar-refractivity contribution in [2.24, 2.45) is 0 Å². The zero-order valence-corrected chi connectivity index (χ0v) is 14.2. The van der Waals surface area contributed by atoms with E-state index in [2.05, 4.69) is 85.3 Å². The SMILES string of the molecule is Cc1cc(C)c(CN[C@H](C)c2ccc(Br)cc2)c(C)c1. The van der Waals surface area contributed by atoms with Crippen molar-refractivity contribution in [1.82, 2.24) is 5.32 Å². The Kier molecular flexibility index (Phi) is 5.00. The molecule has 1 N–H and O–H groups in total. The Morgan fingerprint density at radius 1 is 1.00 bits per heavy atom. The van der Waals surface area contributed by atoms with Crippen molar-refractivity contribution in [3.8, 4) is 0 Å². The van der Waals surface area contributed by atoms with Crippen LogP contribution in [0.3, 0.4) is 0 Å². The molecule has 2 heteroatoms. The molecule has 2 aromatic carbocycles. The zero-order valence-electron chi connectivity index (χ0n) is 12.6. The average molecular weight is 332 g/mol. The van der Waals surface area contributed by atoms with E-state index in [1.165, 1.54) is 27.8 Å². The number of aryl methyl sites for hydroxylation is 3. The standard InChI is InChI=1S/C18H22BrN/c1-12-9-13(2)18(14(3)10-12)11-20-15(4)16-5-7-17(19)8-6-16/h5-10,15,20H,11H2,1-4H3/t15-/m1/s1. The molecular formula is C18H22BrN. The van der Waals surface area contributed by atoms with Crippen molar-refractivity contribution >= 4 is 15.9 Å². The highest BCUT2D eigenvalue weighted by Gasteiger charge is 2.08. The summed E-state index contributed by atoms with van der Waals surface area (Å²) in [5.74, 6) is 0. The quantitative estimate of drug-likeness (QED) is 0.809. The van der Waals surface area contributed by atoms with Crippen LogP contribution in [0.4, 0.5) is 0 Å². The van der Waals surface area contributed by atoms with Gasteiger partial charge < -0.3 is 5.32 Å². The normalized spacial score (nSPS) is 12.4. The molecule has 2 aromatic rings. The van der Waals surface area contributed by atoms with Gasteiger partial charge in [-0.3, -0.25) is 0 Å². The molecule has 0 amide bonds. The molecular weight excluding hydrogens is 310 g/mol. The molecule has 0 radical (unpaired) electrons. The summed E-state index contributed by atoms with van der Waals surface area (Å²) in [4.78, 5) is 0. The van der Waals surface area contributed by atoms with Gasteiger partial charge in [-0.1, -0.05) is 45.8 Å². The average Bonchev–Trinajstić information content (AvgIpc) is 2.38. The lowest BCUT2D eigenvalue weighted by molar-refractivity contribution is 0.572. The molecule has 0 fully saturated rings. The first kappa shape index (κ1) is 15.3. The maximum atomic E-state index is 3.62. The van der Waals surface area contributed by atoms with Crippen molar-refractivity contribution in [3.63, 3.8) is 0 Å². The van der Waals surface area contributed by atoms with Crippen LogP contribution in [0.1, 0.15) is 40.8 Å². The maximum Gasteiger partial charge on any atom is 0.0294 e. The van der Waals surface area contributed by atoms with Crippen LogP contribution in [0.2, 0.25) is 0 Å². The van der Waals surface area contributed by atoms with E-state index in [1.807, 2.05) is 0 Å². The summed E-state index contributed by atoms with van der Waals surface area (Å²) in [5.41, 5.74) is 6.82. The third-order valence-corrected chi connectivity index (χ3v) is 4.32. The first-order chi connectivity index (χ1) is 9.47. The van der Waals surface area contributed by atoms with Crippen molar-refractivity contribution in [2.75, 3.05) is 0 Å². The Bertz CT molecular complexity index is 564. The van der Waals surface area contributed by atoms with Crippen LogP contribution in [-0.2, 0) is 6.54 Å². The van der Waals surface area contributed by atoms with Crippen molar-refractivity contribution < 1.29 is 0 Å². The Balaban J connectivity index is 2.07. The van der Waals surface area contributed by atoms with Gasteiger partial charge in [0, 0.05) is 17.1 Å². The van der Waals surface area contributed by atoms with Gasteiger partial charge in [-0.25, -0.2) is 0 Å². The summed E-state index contributed by atoms with van der Waals surface area (Å²) in [5, 5.41) is 3.62. The van der Waals surface area contributed by atoms with Gasteiger partial charge in [-0.15, -0.1) is 0 Å². The van der Waals surface area contributed by atoms with Crippen molar-refractivity contribution in [2.45, 2.75) is 40.3 Å². The zero-order chi connectivity index (χ0) is 14.7. The molecule has 0 unspecified atom stereocenters. The lowest BCUT2D eigenvalue weighted by atomic mass is 9.99. The summed E-state index contributed by atoms with van der Waals surface area (Å²) in [6.45, 7) is 9.67. The number of hydrogen-bond acceptors (Lipinski definition) is 1. The molecule has 1 atom stereocenters. The van der Waals surface area contributed by atoms with Crippen LogP contribution in [0, 0.1) is 20.8 Å². The Hall–Kier alpha value is -1.12. The third kappa shape index (κ3) is 3.71. The van der Waals surface area contributed by atoms with Gasteiger partial charge in [-0.05, 0) is 62.1 Å². The van der Waals surface area contributed by atoms with E-state index < -0.39 is 0 Å². The van der Waals surface area contributed by atoms with Crippen LogP contribution < -0.4 is 5.32 Å². The minimum absolute atomic E-state index is 0.350. The predicted molar refractivity (Wildman–Crippen MR) is 90.0 cm³/mol. The van der Waals surface area contributed by atoms with Crippen LogP contribution in [0.15, 0.2) is 40.9 Å². The monoisotopic (exact) mass is 331 g/mol. The highest BCUT2D eigenvalue weighted by Crippen LogP contribution is 2.20. The second kappa shape index (κ2) is 6.55. The van der Waals surface area contributed by atoms with Crippen LogP contribution in [0.5, 0.6) is 0 Å².